The summed E-state index contributed by atoms with van der Waals surface area (Å²) < 4.78 is 39.7. The summed E-state index contributed by atoms with van der Waals surface area (Å²) in [5, 5.41) is 4.23. The average Bonchev–Trinajstić information content (AvgIpc) is 3.37. The van der Waals surface area contributed by atoms with E-state index < -0.39 is 9.84 Å². The van der Waals surface area contributed by atoms with Gasteiger partial charge in [-0.1, -0.05) is 29.8 Å². The van der Waals surface area contributed by atoms with Gasteiger partial charge in [0, 0.05) is 24.1 Å². The van der Waals surface area contributed by atoms with Gasteiger partial charge < -0.3 is 24.5 Å². The van der Waals surface area contributed by atoms with E-state index in [0.29, 0.717) is 52.7 Å². The molecule has 12 heteroatoms. The van der Waals surface area contributed by atoms with E-state index in [1.807, 2.05) is 30.3 Å². The van der Waals surface area contributed by atoms with Crippen molar-refractivity contribution in [1.29, 1.82) is 0 Å². The van der Waals surface area contributed by atoms with E-state index >= 15 is 0 Å². The summed E-state index contributed by atoms with van der Waals surface area (Å²) in [5.74, 6) is 1.42. The number of ketones is 1. The fourth-order valence-electron chi connectivity index (χ4n) is 4.43. The van der Waals surface area contributed by atoms with E-state index in [1.54, 1.807) is 24.4 Å². The molecule has 2 N–H and O–H groups in total. The van der Waals surface area contributed by atoms with Crippen LogP contribution in [0.5, 0.6) is 11.5 Å². The molecule has 0 unspecified atom stereocenters. The highest BCUT2D eigenvalue weighted by atomic mass is 35.5. The van der Waals surface area contributed by atoms with Gasteiger partial charge >= 0.3 is 0 Å². The van der Waals surface area contributed by atoms with Crippen molar-refractivity contribution >= 4 is 44.1 Å². The lowest BCUT2D eigenvalue weighted by Crippen LogP contribution is -2.37. The summed E-state index contributed by atoms with van der Waals surface area (Å²) in [7, 11) is -3.05. The Kier molecular flexibility index (Phi) is 8.65. The van der Waals surface area contributed by atoms with Crippen molar-refractivity contribution in [3.8, 4) is 11.5 Å². The van der Waals surface area contributed by atoms with Crippen LogP contribution >= 0.6 is 11.6 Å². The second-order valence-electron chi connectivity index (χ2n) is 9.61. The third-order valence-corrected chi connectivity index (χ3v) is 7.71. The van der Waals surface area contributed by atoms with Crippen LogP contribution < -0.4 is 10.1 Å². The SMILES string of the molecule is CS(=O)(=O)CCOC[C@@H]1CC[C@@H](Nc2ncnc3[nH]cc(C(=O)c4ccc(Oc5ccccc5)cc4Cl)c23)CO1. The third-order valence-electron chi connectivity index (χ3n) is 6.49. The van der Waals surface area contributed by atoms with Gasteiger partial charge in [0.1, 0.15) is 39.1 Å². The van der Waals surface area contributed by atoms with Crippen molar-refractivity contribution in [3.05, 3.63) is 77.2 Å². The zero-order valence-corrected chi connectivity index (χ0v) is 23.4. The van der Waals surface area contributed by atoms with E-state index in [-0.39, 0.29) is 35.3 Å². The molecule has 0 aliphatic carbocycles. The number of aromatic nitrogens is 3. The van der Waals surface area contributed by atoms with Gasteiger partial charge in [-0.05, 0) is 37.1 Å². The van der Waals surface area contributed by atoms with Crippen molar-refractivity contribution in [1.82, 2.24) is 15.0 Å². The normalized spacial score (nSPS) is 17.6. The highest BCUT2D eigenvalue weighted by Gasteiger charge is 2.25. The van der Waals surface area contributed by atoms with E-state index in [4.69, 9.17) is 25.8 Å². The first-order valence-corrected chi connectivity index (χ1v) is 15.2. The molecule has 40 heavy (non-hydrogen) atoms. The van der Waals surface area contributed by atoms with Gasteiger partial charge in [-0.25, -0.2) is 18.4 Å². The summed E-state index contributed by atoms with van der Waals surface area (Å²) in [5.41, 5.74) is 1.25. The minimum Gasteiger partial charge on any atom is -0.457 e. The van der Waals surface area contributed by atoms with Crippen LogP contribution in [0, 0.1) is 0 Å². The molecule has 5 rings (SSSR count). The molecule has 2 aromatic heterocycles. The van der Waals surface area contributed by atoms with E-state index in [0.717, 1.165) is 12.8 Å². The number of halogens is 1. The van der Waals surface area contributed by atoms with Crippen molar-refractivity contribution in [2.45, 2.75) is 25.0 Å². The molecular weight excluding hydrogens is 556 g/mol. The third kappa shape index (κ3) is 6.97. The number of benzene rings is 2. The molecule has 0 radical (unpaired) electrons. The number of nitrogens with one attached hydrogen (secondary N) is 2. The van der Waals surface area contributed by atoms with Crippen LogP contribution in [-0.2, 0) is 19.3 Å². The van der Waals surface area contributed by atoms with Gasteiger partial charge in [-0.3, -0.25) is 4.79 Å². The van der Waals surface area contributed by atoms with Gasteiger partial charge in [0.25, 0.3) is 0 Å². The number of para-hydroxylation sites is 1. The number of hydrogen-bond acceptors (Lipinski definition) is 9. The molecule has 1 aliphatic heterocycles. The highest BCUT2D eigenvalue weighted by molar-refractivity contribution is 7.90. The lowest BCUT2D eigenvalue weighted by Gasteiger charge is -2.30. The summed E-state index contributed by atoms with van der Waals surface area (Å²) in [6, 6.07) is 14.2. The number of sulfone groups is 1. The van der Waals surface area contributed by atoms with Crippen LogP contribution in [0.3, 0.4) is 0 Å². The molecule has 1 aliphatic rings. The van der Waals surface area contributed by atoms with E-state index in [2.05, 4.69) is 20.3 Å². The molecule has 2 aromatic carbocycles. The lowest BCUT2D eigenvalue weighted by molar-refractivity contribution is -0.0419. The fourth-order valence-corrected chi connectivity index (χ4v) is 5.11. The number of fused-ring (bicyclic) bond motifs is 1. The predicted octanol–water partition coefficient (Wildman–Crippen LogP) is 4.66. The van der Waals surface area contributed by atoms with Gasteiger partial charge in [-0.15, -0.1) is 0 Å². The van der Waals surface area contributed by atoms with Crippen molar-refractivity contribution < 1.29 is 27.4 Å². The van der Waals surface area contributed by atoms with Gasteiger partial charge in [0.2, 0.25) is 0 Å². The number of anilines is 1. The maximum atomic E-state index is 13.6. The summed E-state index contributed by atoms with van der Waals surface area (Å²) in [6.45, 7) is 0.900. The number of aromatic amines is 1. The number of rotatable bonds is 11. The number of ether oxygens (including phenoxy) is 3. The molecule has 0 spiro atoms. The monoisotopic (exact) mass is 584 g/mol. The van der Waals surface area contributed by atoms with Crippen LogP contribution in [0.15, 0.2) is 61.1 Å². The first-order chi connectivity index (χ1) is 19.3. The predicted molar refractivity (Wildman–Crippen MR) is 152 cm³/mol. The van der Waals surface area contributed by atoms with Crippen molar-refractivity contribution in [2.75, 3.05) is 37.1 Å². The molecule has 0 bridgehead atoms. The number of hydrogen-bond donors (Lipinski definition) is 2. The Morgan fingerprint density at radius 3 is 2.67 bits per heavy atom. The number of carbonyl (C=O) groups is 1. The molecule has 4 aromatic rings. The summed E-state index contributed by atoms with van der Waals surface area (Å²) >= 11 is 6.52. The zero-order valence-electron chi connectivity index (χ0n) is 21.8. The van der Waals surface area contributed by atoms with Crippen LogP contribution in [0.1, 0.15) is 28.8 Å². The topological polar surface area (TPSA) is 132 Å². The van der Waals surface area contributed by atoms with Crippen molar-refractivity contribution in [2.24, 2.45) is 0 Å². The van der Waals surface area contributed by atoms with Gasteiger partial charge in [0.05, 0.1) is 53.7 Å². The Labute approximate surface area is 236 Å². The van der Waals surface area contributed by atoms with E-state index in [1.165, 1.54) is 12.6 Å². The van der Waals surface area contributed by atoms with Crippen LogP contribution in [0.25, 0.3) is 11.0 Å². The number of carbonyl (C=O) groups excluding carboxylic acids is 1. The first kappa shape index (κ1) is 28.0. The Morgan fingerprint density at radius 2 is 1.95 bits per heavy atom. The molecule has 10 nitrogen and oxygen atoms in total. The average molecular weight is 585 g/mol. The minimum atomic E-state index is -3.05. The zero-order chi connectivity index (χ0) is 28.1. The highest BCUT2D eigenvalue weighted by Crippen LogP contribution is 2.32. The molecule has 0 amide bonds. The molecule has 3 heterocycles. The molecule has 1 fully saturated rings. The second kappa shape index (κ2) is 12.3. The minimum absolute atomic E-state index is 0.0118. The van der Waals surface area contributed by atoms with Gasteiger partial charge in [0.15, 0.2) is 5.78 Å². The smallest absolute Gasteiger partial charge is 0.196 e. The van der Waals surface area contributed by atoms with E-state index in [9.17, 15) is 13.2 Å². The van der Waals surface area contributed by atoms with Gasteiger partial charge in [-0.2, -0.15) is 0 Å². The number of nitrogens with zero attached hydrogens (tertiary/aromatic N) is 2. The standard InChI is InChI=1S/C28H29ClN4O6S/c1-40(35,36)12-11-37-16-21-8-7-18(15-38-21)33-28-25-23(14-30-27(25)31-17-32-28)26(34)22-10-9-20(13-24(22)29)39-19-5-3-2-4-6-19/h2-6,9-10,13-14,17-18,21H,7-8,11-12,15-16H2,1H3,(H2,30,31,32,33)/t18-,21+/m1/s1. The first-order valence-electron chi connectivity index (χ1n) is 12.8. The van der Waals surface area contributed by atoms with Crippen LogP contribution in [-0.4, -0.2) is 73.1 Å². The van der Waals surface area contributed by atoms with Crippen molar-refractivity contribution in [3.63, 3.8) is 0 Å². The fraction of sp³-hybridized carbons (Fsp3) is 0.321. The largest absolute Gasteiger partial charge is 0.457 e. The maximum absolute atomic E-state index is 13.6. The van der Waals surface area contributed by atoms with Crippen LogP contribution in [0.4, 0.5) is 5.82 Å². The number of H-pyrrole nitrogens is 1. The molecular formula is C28H29ClN4O6S. The molecule has 2 atom stereocenters. The molecule has 210 valence electrons. The second-order valence-corrected chi connectivity index (χ2v) is 12.3. The Bertz CT molecular complexity index is 1590. The quantitative estimate of drug-likeness (QED) is 0.191. The molecule has 1 saturated heterocycles. The summed E-state index contributed by atoms with van der Waals surface area (Å²) in [4.78, 5) is 25.3. The Balaban J connectivity index is 1.25. The van der Waals surface area contributed by atoms with Crippen LogP contribution in [0.2, 0.25) is 5.02 Å². The summed E-state index contributed by atoms with van der Waals surface area (Å²) in [6.07, 6.45) is 5.64. The Morgan fingerprint density at radius 1 is 1.12 bits per heavy atom. The lowest BCUT2D eigenvalue weighted by atomic mass is 10.0. The Hall–Kier alpha value is -3.51. The molecule has 0 saturated carbocycles. The maximum Gasteiger partial charge on any atom is 0.196 e.